The number of nitrogens with zero attached hydrogens (tertiary/aromatic N) is 4. The van der Waals surface area contributed by atoms with Crippen LogP contribution in [0.2, 0.25) is 0 Å². The van der Waals surface area contributed by atoms with Crippen molar-refractivity contribution in [3.8, 4) is 0 Å². The monoisotopic (exact) mass is 312 g/mol. The Kier molecular flexibility index (Phi) is 7.07. The lowest BCUT2D eigenvalue weighted by Gasteiger charge is -2.04. The molecule has 0 spiro atoms. The average Bonchev–Trinajstić information content (AvgIpc) is 2.58. The zero-order valence-corrected chi connectivity index (χ0v) is 13.5. The highest BCUT2D eigenvalue weighted by molar-refractivity contribution is 4.94. The number of ether oxygens (including phenoxy) is 1. The molecule has 0 saturated carbocycles. The van der Waals surface area contributed by atoms with Gasteiger partial charge in [-0.3, -0.25) is 9.97 Å². The van der Waals surface area contributed by atoms with Gasteiger partial charge in [-0.15, -0.1) is 13.2 Å². The lowest BCUT2D eigenvalue weighted by atomic mass is 10.3. The molecule has 0 bridgehead atoms. The molecule has 23 heavy (non-hydrogen) atoms. The van der Waals surface area contributed by atoms with Gasteiger partial charge >= 0.3 is 0 Å². The molecular formula is C18H24N4O+2. The Bertz CT molecular complexity index is 587. The molecule has 0 aliphatic carbocycles. The van der Waals surface area contributed by atoms with Crippen LogP contribution in [0.25, 0.3) is 0 Å². The summed E-state index contributed by atoms with van der Waals surface area (Å²) in [6.45, 7) is 10.5. The van der Waals surface area contributed by atoms with E-state index >= 15 is 0 Å². The van der Waals surface area contributed by atoms with E-state index in [1.165, 1.54) is 0 Å². The molecule has 0 fully saturated rings. The van der Waals surface area contributed by atoms with Crippen molar-refractivity contribution in [1.29, 1.82) is 0 Å². The van der Waals surface area contributed by atoms with Gasteiger partial charge in [0.1, 0.15) is 13.2 Å². The molecule has 0 saturated heterocycles. The van der Waals surface area contributed by atoms with Gasteiger partial charge in [0.25, 0.3) is 0 Å². The highest BCUT2D eigenvalue weighted by atomic mass is 16.5. The molecule has 0 radical (unpaired) electrons. The van der Waals surface area contributed by atoms with E-state index in [2.05, 4.69) is 32.3 Å². The molecule has 5 heteroatoms. The zero-order chi connectivity index (χ0) is 16.3. The second-order valence-corrected chi connectivity index (χ2v) is 5.12. The van der Waals surface area contributed by atoms with Crippen LogP contribution >= 0.6 is 0 Å². The Balaban J connectivity index is 1.78. The van der Waals surface area contributed by atoms with Crippen molar-refractivity contribution >= 4 is 0 Å². The quantitative estimate of drug-likeness (QED) is 0.376. The first-order valence-corrected chi connectivity index (χ1v) is 7.79. The molecule has 0 unspecified atom stereocenters. The topological polar surface area (TPSA) is 42.8 Å². The predicted molar refractivity (Wildman–Crippen MR) is 87.5 cm³/mol. The van der Waals surface area contributed by atoms with Gasteiger partial charge in [0.15, 0.2) is 25.5 Å². The lowest BCUT2D eigenvalue weighted by Crippen LogP contribution is -2.42. The number of rotatable bonds is 10. The van der Waals surface area contributed by atoms with Gasteiger partial charge < -0.3 is 4.74 Å². The second-order valence-electron chi connectivity index (χ2n) is 5.12. The van der Waals surface area contributed by atoms with Gasteiger partial charge in [-0.25, -0.2) is 0 Å². The van der Waals surface area contributed by atoms with Crippen LogP contribution in [0.1, 0.15) is 11.4 Å². The highest BCUT2D eigenvalue weighted by Crippen LogP contribution is 1.92. The third-order valence-corrected chi connectivity index (χ3v) is 3.51. The minimum atomic E-state index is 0.668. The number of hydrogen-bond donors (Lipinski definition) is 0. The van der Waals surface area contributed by atoms with Crippen molar-refractivity contribution in [3.05, 3.63) is 73.9 Å². The standard InChI is InChI=1S/C18H24N4O/c1-3-5-17-15-19-7-9-21(17)11-13-23-14-12-22-10-8-20-16-18(22)6-4-2/h3-4,7-10,15-16H,1-2,5-6,11-14H2/q+2. The van der Waals surface area contributed by atoms with Crippen LogP contribution in [0.3, 0.4) is 0 Å². The SMILES string of the molecule is C=CCc1cncc[n+]1CCOCC[n+]1ccncc1CC=C. The van der Waals surface area contributed by atoms with Crippen LogP contribution in [-0.4, -0.2) is 23.2 Å². The Labute approximate surface area is 137 Å². The van der Waals surface area contributed by atoms with Crippen LogP contribution < -0.4 is 9.13 Å². The van der Waals surface area contributed by atoms with Gasteiger partial charge in [-0.05, 0) is 0 Å². The number of hydrogen-bond acceptors (Lipinski definition) is 3. The van der Waals surface area contributed by atoms with E-state index in [1.807, 2.05) is 36.9 Å². The van der Waals surface area contributed by atoms with Gasteiger partial charge in [-0.2, -0.15) is 9.13 Å². The molecule has 0 atom stereocenters. The van der Waals surface area contributed by atoms with Crippen molar-refractivity contribution < 1.29 is 13.9 Å². The summed E-state index contributed by atoms with van der Waals surface area (Å²) in [5.74, 6) is 0. The van der Waals surface area contributed by atoms with E-state index in [9.17, 15) is 0 Å². The fourth-order valence-electron chi connectivity index (χ4n) is 2.34. The molecule has 2 aromatic heterocycles. The third kappa shape index (κ3) is 5.38. The van der Waals surface area contributed by atoms with Crippen LogP contribution in [0, 0.1) is 0 Å². The highest BCUT2D eigenvalue weighted by Gasteiger charge is 2.10. The Morgan fingerprint density at radius 2 is 1.35 bits per heavy atom. The summed E-state index contributed by atoms with van der Waals surface area (Å²) in [4.78, 5) is 8.30. The van der Waals surface area contributed by atoms with E-state index in [-0.39, 0.29) is 0 Å². The smallest absolute Gasteiger partial charge is 0.203 e. The summed E-state index contributed by atoms with van der Waals surface area (Å²) in [6.07, 6.45) is 16.7. The summed E-state index contributed by atoms with van der Waals surface area (Å²) in [5, 5.41) is 0. The van der Waals surface area contributed by atoms with Crippen LogP contribution in [0.4, 0.5) is 0 Å². The molecule has 0 aromatic carbocycles. The summed E-state index contributed by atoms with van der Waals surface area (Å²) in [7, 11) is 0. The van der Waals surface area contributed by atoms with Crippen LogP contribution in [0.15, 0.2) is 62.5 Å². The first kappa shape index (κ1) is 17.0. The maximum Gasteiger partial charge on any atom is 0.203 e. The van der Waals surface area contributed by atoms with Crippen LogP contribution in [-0.2, 0) is 30.7 Å². The minimum Gasteiger partial charge on any atom is -0.368 e. The summed E-state index contributed by atoms with van der Waals surface area (Å²) in [5.41, 5.74) is 2.28. The van der Waals surface area contributed by atoms with Crippen molar-refractivity contribution in [2.75, 3.05) is 13.2 Å². The molecular weight excluding hydrogens is 288 g/mol. The first-order chi connectivity index (χ1) is 11.3. The van der Waals surface area contributed by atoms with Crippen molar-refractivity contribution in [2.24, 2.45) is 0 Å². The van der Waals surface area contributed by atoms with Crippen molar-refractivity contribution in [1.82, 2.24) is 9.97 Å². The van der Waals surface area contributed by atoms with Gasteiger partial charge in [0, 0.05) is 0 Å². The van der Waals surface area contributed by atoms with E-state index in [4.69, 9.17) is 4.74 Å². The zero-order valence-electron chi connectivity index (χ0n) is 13.5. The van der Waals surface area contributed by atoms with E-state index in [0.717, 1.165) is 37.3 Å². The van der Waals surface area contributed by atoms with Gasteiger partial charge in [0.2, 0.25) is 11.4 Å². The summed E-state index contributed by atoms with van der Waals surface area (Å²) < 4.78 is 10.1. The Morgan fingerprint density at radius 1 is 0.870 bits per heavy atom. The summed E-state index contributed by atoms with van der Waals surface area (Å²) >= 11 is 0. The van der Waals surface area contributed by atoms with Crippen LogP contribution in [0.5, 0.6) is 0 Å². The molecule has 2 aromatic rings. The molecule has 0 N–H and O–H groups in total. The largest absolute Gasteiger partial charge is 0.368 e. The van der Waals surface area contributed by atoms with E-state index < -0.39 is 0 Å². The van der Waals surface area contributed by atoms with E-state index in [0.29, 0.717) is 13.2 Å². The molecule has 120 valence electrons. The molecule has 0 aliphatic heterocycles. The molecule has 5 nitrogen and oxygen atoms in total. The second kappa shape index (κ2) is 9.58. The Morgan fingerprint density at radius 3 is 1.78 bits per heavy atom. The maximum atomic E-state index is 5.77. The van der Waals surface area contributed by atoms with Crippen molar-refractivity contribution in [2.45, 2.75) is 25.9 Å². The number of aromatic nitrogens is 4. The van der Waals surface area contributed by atoms with Crippen molar-refractivity contribution in [3.63, 3.8) is 0 Å². The number of allylic oxidation sites excluding steroid dienone is 2. The lowest BCUT2D eigenvalue weighted by molar-refractivity contribution is -0.712. The molecule has 0 amide bonds. The third-order valence-electron chi connectivity index (χ3n) is 3.51. The van der Waals surface area contributed by atoms with Gasteiger partial charge in [0.05, 0.1) is 37.6 Å². The molecule has 0 aliphatic rings. The first-order valence-electron chi connectivity index (χ1n) is 7.79. The van der Waals surface area contributed by atoms with E-state index in [1.54, 1.807) is 12.4 Å². The fraction of sp³-hybridized carbons (Fsp3) is 0.333. The normalized spacial score (nSPS) is 10.4. The Hall–Kier alpha value is -2.40. The fourth-order valence-corrected chi connectivity index (χ4v) is 2.34. The maximum absolute atomic E-state index is 5.77. The summed E-state index contributed by atoms with van der Waals surface area (Å²) in [6, 6.07) is 0. The average molecular weight is 312 g/mol. The van der Waals surface area contributed by atoms with Gasteiger partial charge in [-0.1, -0.05) is 12.2 Å². The molecule has 2 rings (SSSR count). The minimum absolute atomic E-state index is 0.668. The predicted octanol–water partition coefficient (Wildman–Crippen LogP) is 1.23. The molecule has 2 heterocycles.